The molecule has 4 heteroatoms. The van der Waals surface area contributed by atoms with Crippen molar-refractivity contribution in [2.75, 3.05) is 0 Å². The Kier molecular flexibility index (Phi) is 6.40. The Labute approximate surface area is 223 Å². The molecular weight excluding hydrogens is 595 g/mol. The summed E-state index contributed by atoms with van der Waals surface area (Å²) in [7, 11) is 0. The van der Waals surface area contributed by atoms with E-state index < -0.39 is 13.7 Å². The van der Waals surface area contributed by atoms with E-state index in [4.69, 9.17) is 8.22 Å². The van der Waals surface area contributed by atoms with Crippen LogP contribution in [0.5, 0.6) is 0 Å². The monoisotopic (exact) mass is 626 g/mol. The average Bonchev–Trinajstić information content (AvgIpc) is 2.93. The fourth-order valence-corrected chi connectivity index (χ4v) is 3.12. The Morgan fingerprint density at radius 2 is 1.53 bits per heavy atom. The van der Waals surface area contributed by atoms with Crippen LogP contribution in [0.25, 0.3) is 33.8 Å². The zero-order valence-electron chi connectivity index (χ0n) is 24.4. The first kappa shape index (κ1) is 17.9. The maximum atomic E-state index is 7.37. The molecule has 0 aliphatic carbocycles. The largest absolute Gasteiger partial charge is 0.304 e. The fraction of sp³-hybridized carbons (Fsp3) is 0.100. The minimum Gasteiger partial charge on any atom is -0.304 e. The van der Waals surface area contributed by atoms with E-state index in [1.54, 1.807) is 31.3 Å². The van der Waals surface area contributed by atoms with Crippen molar-refractivity contribution in [1.82, 2.24) is 15.0 Å². The van der Waals surface area contributed by atoms with Gasteiger partial charge in [-0.1, -0.05) is 35.4 Å². The summed E-state index contributed by atoms with van der Waals surface area (Å²) in [5.74, 6) is 0. The maximum absolute atomic E-state index is 7.37. The predicted octanol–water partition coefficient (Wildman–Crippen LogP) is 7.08. The van der Waals surface area contributed by atoms with Crippen LogP contribution < -0.4 is 0 Å². The molecule has 34 heavy (non-hydrogen) atoms. The second-order valence-corrected chi connectivity index (χ2v) is 7.30. The van der Waals surface area contributed by atoms with Gasteiger partial charge in [0.05, 0.1) is 5.69 Å². The molecule has 5 aromatic rings. The van der Waals surface area contributed by atoms with Crippen molar-refractivity contribution in [3.05, 3.63) is 126 Å². The molecule has 0 spiro atoms. The number of hydrogen-bond acceptors (Lipinski definition) is 3. The minimum atomic E-state index is -2.13. The van der Waals surface area contributed by atoms with E-state index in [1.807, 2.05) is 60.7 Å². The number of benzene rings is 2. The first-order valence-electron chi connectivity index (χ1n) is 13.4. The van der Waals surface area contributed by atoms with Gasteiger partial charge in [-0.25, -0.2) is 0 Å². The first-order valence-corrected chi connectivity index (χ1v) is 10.4. The summed E-state index contributed by atoms with van der Waals surface area (Å²) in [5, 5.41) is 0. The molecule has 0 aliphatic rings. The van der Waals surface area contributed by atoms with E-state index in [0.29, 0.717) is 11.3 Å². The molecule has 0 fully saturated rings. The molecule has 0 amide bonds. The fourth-order valence-electron chi connectivity index (χ4n) is 3.12. The van der Waals surface area contributed by atoms with Gasteiger partial charge in [0.1, 0.15) is 0 Å². The van der Waals surface area contributed by atoms with Crippen molar-refractivity contribution in [3.8, 4) is 33.8 Å². The van der Waals surface area contributed by atoms with Crippen molar-refractivity contribution in [1.29, 1.82) is 0 Å². The number of pyridine rings is 3. The van der Waals surface area contributed by atoms with Gasteiger partial charge in [-0.15, -0.1) is 65.7 Å². The Balaban J connectivity index is 0.000000222. The molecular formula is C30H25IrN3-2. The van der Waals surface area contributed by atoms with Crippen LogP contribution in [-0.4, -0.2) is 15.0 Å². The Morgan fingerprint density at radius 1 is 0.676 bits per heavy atom. The molecule has 0 atom stereocenters. The summed E-state index contributed by atoms with van der Waals surface area (Å²) in [6.07, 6.45) is 4.57. The summed E-state index contributed by atoms with van der Waals surface area (Å²) in [4.78, 5) is 12.7. The third-order valence-electron chi connectivity index (χ3n) is 4.90. The van der Waals surface area contributed by atoms with Gasteiger partial charge < -0.3 is 9.97 Å². The summed E-state index contributed by atoms with van der Waals surface area (Å²) < 4.78 is 44.2. The van der Waals surface area contributed by atoms with E-state index in [9.17, 15) is 0 Å². The van der Waals surface area contributed by atoms with Crippen LogP contribution in [0, 0.1) is 32.8 Å². The molecule has 1 radical (unpaired) electrons. The topological polar surface area (TPSA) is 38.7 Å². The Bertz CT molecular complexity index is 1520. The number of aromatic nitrogens is 3. The molecule has 5 rings (SSSR count). The van der Waals surface area contributed by atoms with Crippen molar-refractivity contribution in [3.63, 3.8) is 0 Å². The smallest absolute Gasteiger partial charge is 0.0518 e. The van der Waals surface area contributed by atoms with E-state index in [1.165, 1.54) is 12.4 Å². The summed E-state index contributed by atoms with van der Waals surface area (Å²) in [6.45, 7) is -2.45. The van der Waals surface area contributed by atoms with Gasteiger partial charge in [-0.05, 0) is 55.3 Å². The summed E-state index contributed by atoms with van der Waals surface area (Å²) in [5.41, 5.74) is 6.21. The maximum Gasteiger partial charge on any atom is 0.0518 e. The molecule has 0 unspecified atom stereocenters. The molecule has 3 aromatic heterocycles. The summed E-state index contributed by atoms with van der Waals surface area (Å²) >= 11 is 0. The molecule has 0 N–H and O–H groups in total. The third-order valence-corrected chi connectivity index (χ3v) is 4.90. The standard InChI is InChI=1S/C17H13N2.C13H12N.Ir/c1-13-8-9-17(19-12-13)15-6-4-5-14(11-15)16-7-2-3-10-18-16;1-10-8-13(14-9-11(10)2)12-6-4-3-5-7-12;/h2-5,7-12H,1H3;3-6,8-9H,1-2H3;/q2*-1;/i1D3;2D3;. The van der Waals surface area contributed by atoms with E-state index in [0.717, 1.165) is 33.6 Å². The van der Waals surface area contributed by atoms with Gasteiger partial charge in [0.15, 0.2) is 0 Å². The molecule has 3 nitrogen and oxygen atoms in total. The van der Waals surface area contributed by atoms with Gasteiger partial charge in [-0.3, -0.25) is 4.98 Å². The zero-order valence-corrected chi connectivity index (χ0v) is 20.8. The van der Waals surface area contributed by atoms with Crippen LogP contribution in [0.15, 0.2) is 97.5 Å². The molecule has 0 saturated carbocycles. The van der Waals surface area contributed by atoms with Crippen LogP contribution in [0.3, 0.4) is 0 Å². The second-order valence-electron chi connectivity index (χ2n) is 7.30. The zero-order chi connectivity index (χ0) is 28.0. The van der Waals surface area contributed by atoms with Crippen LogP contribution in [0.1, 0.15) is 24.9 Å². The number of rotatable bonds is 3. The summed E-state index contributed by atoms with van der Waals surface area (Å²) in [6, 6.07) is 30.2. The molecule has 0 aliphatic heterocycles. The molecule has 2 aromatic carbocycles. The first-order chi connectivity index (χ1) is 18.5. The second kappa shape index (κ2) is 12.1. The van der Waals surface area contributed by atoms with Crippen LogP contribution in [0.4, 0.5) is 0 Å². The molecule has 0 saturated heterocycles. The average molecular weight is 626 g/mol. The van der Waals surface area contributed by atoms with E-state index in [-0.39, 0.29) is 25.7 Å². The molecule has 171 valence electrons. The predicted molar refractivity (Wildman–Crippen MR) is 134 cm³/mol. The van der Waals surface area contributed by atoms with Crippen LogP contribution >= 0.6 is 0 Å². The molecule has 0 bridgehead atoms. The van der Waals surface area contributed by atoms with Gasteiger partial charge in [0, 0.05) is 46.9 Å². The van der Waals surface area contributed by atoms with E-state index in [2.05, 4.69) is 27.1 Å². The third kappa shape index (κ3) is 6.54. The van der Waals surface area contributed by atoms with Gasteiger partial charge >= 0.3 is 0 Å². The SMILES string of the molecule is [2H]C([2H])([2H])c1ccc(-c2[c-]ccc(-c3ccccn3)c2)nc1.[2H]C([2H])([2H])c1cnc(-c2[c-]cccc2)cc1C.[Ir]. The van der Waals surface area contributed by atoms with Crippen molar-refractivity contribution >= 4 is 0 Å². The quantitative estimate of drug-likeness (QED) is 0.201. The van der Waals surface area contributed by atoms with Crippen LogP contribution in [0.2, 0.25) is 0 Å². The van der Waals surface area contributed by atoms with Crippen molar-refractivity contribution in [2.45, 2.75) is 20.6 Å². The normalized spacial score (nSPS) is 13.3. The van der Waals surface area contributed by atoms with Gasteiger partial charge in [0.2, 0.25) is 0 Å². The number of nitrogens with zero attached hydrogens (tertiary/aromatic N) is 3. The van der Waals surface area contributed by atoms with E-state index >= 15 is 0 Å². The van der Waals surface area contributed by atoms with Crippen molar-refractivity contribution < 1.29 is 28.3 Å². The number of aryl methyl sites for hydroxylation is 3. The molecule has 3 heterocycles. The number of hydrogen-bond donors (Lipinski definition) is 0. The Hall–Kier alpha value is -3.46. The Morgan fingerprint density at radius 3 is 2.21 bits per heavy atom. The van der Waals surface area contributed by atoms with Crippen LogP contribution in [-0.2, 0) is 20.1 Å². The van der Waals surface area contributed by atoms with Gasteiger partial charge in [-0.2, -0.15) is 0 Å². The van der Waals surface area contributed by atoms with Crippen molar-refractivity contribution in [2.24, 2.45) is 0 Å². The minimum absolute atomic E-state index is 0. The van der Waals surface area contributed by atoms with Gasteiger partial charge in [0.25, 0.3) is 0 Å².